The third kappa shape index (κ3) is 5.62. The van der Waals surface area contributed by atoms with E-state index in [9.17, 15) is 9.59 Å². The van der Waals surface area contributed by atoms with E-state index in [2.05, 4.69) is 10.6 Å². The van der Waals surface area contributed by atoms with Crippen molar-refractivity contribution in [3.8, 4) is 0 Å². The summed E-state index contributed by atoms with van der Waals surface area (Å²) in [5.41, 5.74) is 6.62. The molecular weight excluding hydrogens is 398 g/mol. The highest BCUT2D eigenvalue weighted by Crippen LogP contribution is 2.24. The predicted octanol–water partition coefficient (Wildman–Crippen LogP) is 5.17. The third-order valence-electron chi connectivity index (χ3n) is 5.73. The fraction of sp³-hybridized carbons (Fsp3) is 0.259. The van der Waals surface area contributed by atoms with Crippen molar-refractivity contribution >= 4 is 23.2 Å². The maximum Gasteiger partial charge on any atom is 0.246 e. The normalized spacial score (nSPS) is 11.8. The van der Waals surface area contributed by atoms with Crippen molar-refractivity contribution in [2.75, 3.05) is 24.2 Å². The Hall–Kier alpha value is -3.44. The second kappa shape index (κ2) is 10.2. The van der Waals surface area contributed by atoms with E-state index in [0.29, 0.717) is 0 Å². The number of aryl methyl sites for hydroxylation is 3. The average molecular weight is 430 g/mol. The molecule has 166 valence electrons. The molecule has 3 aromatic rings. The minimum atomic E-state index is -0.611. The molecule has 0 saturated heterocycles. The van der Waals surface area contributed by atoms with Gasteiger partial charge in [0.15, 0.2) is 0 Å². The minimum absolute atomic E-state index is 0.0766. The fourth-order valence-corrected chi connectivity index (χ4v) is 3.71. The van der Waals surface area contributed by atoms with Crippen LogP contribution in [-0.4, -0.2) is 30.3 Å². The van der Waals surface area contributed by atoms with Gasteiger partial charge in [-0.2, -0.15) is 0 Å². The summed E-state index contributed by atoms with van der Waals surface area (Å²) in [5.74, 6) is -0.339. The number of hydrogen-bond acceptors (Lipinski definition) is 3. The molecule has 0 radical (unpaired) electrons. The van der Waals surface area contributed by atoms with E-state index >= 15 is 0 Å². The second-order valence-corrected chi connectivity index (χ2v) is 8.33. The highest BCUT2D eigenvalue weighted by molar-refractivity contribution is 5.97. The summed E-state index contributed by atoms with van der Waals surface area (Å²) < 4.78 is 0. The molecule has 32 heavy (non-hydrogen) atoms. The first-order valence-corrected chi connectivity index (χ1v) is 10.8. The summed E-state index contributed by atoms with van der Waals surface area (Å²) >= 11 is 0. The lowest BCUT2D eigenvalue weighted by atomic mass is 10.0. The molecule has 5 nitrogen and oxygen atoms in total. The summed E-state index contributed by atoms with van der Waals surface area (Å²) in [6.07, 6.45) is 0. The van der Waals surface area contributed by atoms with Gasteiger partial charge in [-0.1, -0.05) is 54.6 Å². The maximum absolute atomic E-state index is 13.4. The molecule has 5 heteroatoms. The molecule has 3 rings (SSSR count). The van der Waals surface area contributed by atoms with E-state index in [4.69, 9.17) is 0 Å². The largest absolute Gasteiger partial charge is 0.325 e. The number of benzene rings is 3. The van der Waals surface area contributed by atoms with Crippen molar-refractivity contribution in [3.63, 3.8) is 0 Å². The summed E-state index contributed by atoms with van der Waals surface area (Å²) in [6, 6.07) is 20.7. The lowest BCUT2D eigenvalue weighted by Crippen LogP contribution is -2.39. The number of carbonyl (C=O) groups excluding carboxylic acids is 2. The Morgan fingerprint density at radius 1 is 0.812 bits per heavy atom. The highest BCUT2D eigenvalue weighted by atomic mass is 16.2. The quantitative estimate of drug-likeness (QED) is 0.545. The Labute approximate surface area is 190 Å². The van der Waals surface area contributed by atoms with E-state index in [0.717, 1.165) is 39.2 Å². The molecule has 0 aromatic heterocycles. The Balaban J connectivity index is 1.80. The van der Waals surface area contributed by atoms with E-state index in [-0.39, 0.29) is 18.4 Å². The van der Waals surface area contributed by atoms with Gasteiger partial charge in [0.25, 0.3) is 0 Å². The molecule has 0 aliphatic carbocycles. The van der Waals surface area contributed by atoms with Gasteiger partial charge in [0.1, 0.15) is 6.04 Å². The number of likely N-dealkylation sites (N-methyl/N-ethyl adjacent to an activating group) is 1. The van der Waals surface area contributed by atoms with Crippen LogP contribution in [0.4, 0.5) is 11.4 Å². The summed E-state index contributed by atoms with van der Waals surface area (Å²) in [6.45, 7) is 8.04. The van der Waals surface area contributed by atoms with Crippen molar-refractivity contribution < 1.29 is 9.59 Å². The van der Waals surface area contributed by atoms with Gasteiger partial charge in [0.05, 0.1) is 6.54 Å². The monoisotopic (exact) mass is 429 g/mol. The fourth-order valence-electron chi connectivity index (χ4n) is 3.71. The van der Waals surface area contributed by atoms with Crippen LogP contribution in [0, 0.1) is 27.7 Å². The minimum Gasteiger partial charge on any atom is -0.325 e. The molecule has 0 heterocycles. The van der Waals surface area contributed by atoms with Crippen LogP contribution < -0.4 is 10.6 Å². The predicted molar refractivity (Wildman–Crippen MR) is 131 cm³/mol. The molecule has 0 saturated carbocycles. The molecule has 0 bridgehead atoms. The number of hydrogen-bond donors (Lipinski definition) is 2. The van der Waals surface area contributed by atoms with Gasteiger partial charge in [-0.05, 0) is 74.7 Å². The van der Waals surface area contributed by atoms with Gasteiger partial charge in [-0.25, -0.2) is 0 Å². The summed E-state index contributed by atoms with van der Waals surface area (Å²) in [5, 5.41) is 6.04. The third-order valence-corrected chi connectivity index (χ3v) is 5.73. The number of rotatable bonds is 7. The van der Waals surface area contributed by atoms with Crippen LogP contribution in [0.15, 0.2) is 66.7 Å². The van der Waals surface area contributed by atoms with Gasteiger partial charge in [0, 0.05) is 11.4 Å². The molecule has 0 fully saturated rings. The molecular formula is C27H31N3O2. The summed E-state index contributed by atoms with van der Waals surface area (Å²) in [4.78, 5) is 28.0. The zero-order valence-corrected chi connectivity index (χ0v) is 19.4. The smallest absolute Gasteiger partial charge is 0.246 e. The van der Waals surface area contributed by atoms with Crippen LogP contribution in [0.1, 0.15) is 33.9 Å². The molecule has 3 aromatic carbocycles. The summed E-state index contributed by atoms with van der Waals surface area (Å²) in [7, 11) is 1.79. The zero-order valence-electron chi connectivity index (χ0n) is 19.4. The van der Waals surface area contributed by atoms with Crippen LogP contribution in [-0.2, 0) is 9.59 Å². The van der Waals surface area contributed by atoms with Gasteiger partial charge < -0.3 is 10.6 Å². The Morgan fingerprint density at radius 3 is 2.25 bits per heavy atom. The van der Waals surface area contributed by atoms with Gasteiger partial charge in [-0.3, -0.25) is 14.5 Å². The molecule has 0 spiro atoms. The Morgan fingerprint density at radius 2 is 1.53 bits per heavy atom. The van der Waals surface area contributed by atoms with E-state index in [1.54, 1.807) is 11.9 Å². The topological polar surface area (TPSA) is 61.4 Å². The van der Waals surface area contributed by atoms with E-state index in [1.165, 1.54) is 0 Å². The Bertz CT molecular complexity index is 1110. The number of amides is 2. The molecule has 1 atom stereocenters. The van der Waals surface area contributed by atoms with Crippen molar-refractivity contribution in [3.05, 3.63) is 94.5 Å². The van der Waals surface area contributed by atoms with Crippen molar-refractivity contribution in [2.45, 2.75) is 33.7 Å². The van der Waals surface area contributed by atoms with Crippen LogP contribution >= 0.6 is 0 Å². The standard InChI is InChI=1S/C27H31N3O2/c1-18-14-15-20(3)24(16-18)29-27(32)26(22-11-7-6-8-12-22)30(5)17-25(31)28-23-13-9-10-19(2)21(23)4/h6-16,26H,17H2,1-5H3,(H,28,31)(H,29,32)/t26-/m0/s1. The second-order valence-electron chi connectivity index (χ2n) is 8.33. The van der Waals surface area contributed by atoms with Crippen LogP contribution in [0.3, 0.4) is 0 Å². The highest BCUT2D eigenvalue weighted by Gasteiger charge is 2.27. The average Bonchev–Trinajstić information content (AvgIpc) is 2.75. The van der Waals surface area contributed by atoms with Gasteiger partial charge >= 0.3 is 0 Å². The van der Waals surface area contributed by atoms with Gasteiger partial charge in [0.2, 0.25) is 11.8 Å². The molecule has 2 N–H and O–H groups in total. The number of carbonyl (C=O) groups is 2. The van der Waals surface area contributed by atoms with Crippen LogP contribution in [0.2, 0.25) is 0 Å². The SMILES string of the molecule is Cc1ccc(C)c(NC(=O)[C@H](c2ccccc2)N(C)CC(=O)Nc2cccc(C)c2C)c1. The lowest BCUT2D eigenvalue weighted by molar-refractivity contribution is -0.123. The number of nitrogens with one attached hydrogen (secondary N) is 2. The number of nitrogens with zero attached hydrogens (tertiary/aromatic N) is 1. The first kappa shape index (κ1) is 23.2. The van der Waals surface area contributed by atoms with Crippen molar-refractivity contribution in [1.29, 1.82) is 0 Å². The van der Waals surface area contributed by atoms with Gasteiger partial charge in [-0.15, -0.1) is 0 Å². The molecule has 2 amide bonds. The number of anilines is 2. The zero-order chi connectivity index (χ0) is 23.3. The lowest BCUT2D eigenvalue weighted by Gasteiger charge is -2.27. The first-order valence-electron chi connectivity index (χ1n) is 10.8. The molecule has 0 unspecified atom stereocenters. The molecule has 0 aliphatic heterocycles. The van der Waals surface area contributed by atoms with Crippen molar-refractivity contribution in [1.82, 2.24) is 4.90 Å². The van der Waals surface area contributed by atoms with E-state index < -0.39 is 6.04 Å². The Kier molecular flexibility index (Phi) is 7.44. The molecule has 0 aliphatic rings. The van der Waals surface area contributed by atoms with Crippen LogP contribution in [0.25, 0.3) is 0 Å². The first-order chi connectivity index (χ1) is 15.3. The maximum atomic E-state index is 13.4. The van der Waals surface area contributed by atoms with Crippen LogP contribution in [0.5, 0.6) is 0 Å². The van der Waals surface area contributed by atoms with E-state index in [1.807, 2.05) is 94.4 Å². The van der Waals surface area contributed by atoms with Crippen molar-refractivity contribution in [2.24, 2.45) is 0 Å².